The lowest BCUT2D eigenvalue weighted by atomic mass is 9.97. The molecule has 1 saturated heterocycles. The molecule has 1 aliphatic rings. The van der Waals surface area contributed by atoms with Crippen LogP contribution < -0.4 is 21.3 Å². The number of rotatable bonds is 5. The van der Waals surface area contributed by atoms with E-state index in [2.05, 4.69) is 36.0 Å². The summed E-state index contributed by atoms with van der Waals surface area (Å²) in [5.41, 5.74) is 16.0. The molecule has 2 unspecified atom stereocenters. The Balaban J connectivity index is 1.71. The van der Waals surface area contributed by atoms with Crippen LogP contribution in [0.25, 0.3) is 0 Å². The highest BCUT2D eigenvalue weighted by Crippen LogP contribution is 2.34. The van der Waals surface area contributed by atoms with Crippen LogP contribution >= 0.6 is 0 Å². The van der Waals surface area contributed by atoms with Crippen LogP contribution in [-0.2, 0) is 0 Å². The molecule has 22 heavy (non-hydrogen) atoms. The minimum atomic E-state index is 0.228. The van der Waals surface area contributed by atoms with Crippen molar-refractivity contribution in [2.45, 2.75) is 31.8 Å². The molecule has 1 fully saturated rings. The number of hydrazine groups is 1. The average molecular weight is 297 g/mol. The fraction of sp³-hybridized carbons (Fsp3) is 0.333. The molecule has 0 bridgehead atoms. The summed E-state index contributed by atoms with van der Waals surface area (Å²) in [6, 6.07) is 16.8. The Morgan fingerprint density at radius 3 is 2.73 bits per heavy atom. The highest BCUT2D eigenvalue weighted by molar-refractivity contribution is 5.48. The van der Waals surface area contributed by atoms with Crippen LogP contribution in [0.5, 0.6) is 5.75 Å². The van der Waals surface area contributed by atoms with Crippen molar-refractivity contribution < 1.29 is 4.74 Å². The van der Waals surface area contributed by atoms with E-state index in [-0.39, 0.29) is 12.1 Å². The number of hydrogen-bond donors (Lipinski definition) is 3. The lowest BCUT2D eigenvalue weighted by Gasteiger charge is -2.13. The number of hydrogen-bond acceptors (Lipinski definition) is 4. The molecule has 3 rings (SSSR count). The summed E-state index contributed by atoms with van der Waals surface area (Å²) in [7, 11) is 0. The van der Waals surface area contributed by atoms with Crippen LogP contribution in [-0.4, -0.2) is 6.61 Å². The Morgan fingerprint density at radius 2 is 1.91 bits per heavy atom. The van der Waals surface area contributed by atoms with E-state index in [9.17, 15) is 0 Å². The molecule has 1 heterocycles. The van der Waals surface area contributed by atoms with Gasteiger partial charge in [-0.05, 0) is 42.2 Å². The number of nitrogen functional groups attached to an aromatic ring is 1. The van der Waals surface area contributed by atoms with Gasteiger partial charge in [0.15, 0.2) is 0 Å². The highest BCUT2D eigenvalue weighted by atomic mass is 16.5. The summed E-state index contributed by atoms with van der Waals surface area (Å²) in [4.78, 5) is 0. The predicted octanol–water partition coefficient (Wildman–Crippen LogP) is 3.34. The summed E-state index contributed by atoms with van der Waals surface area (Å²) < 4.78 is 5.72. The van der Waals surface area contributed by atoms with Gasteiger partial charge in [0, 0.05) is 11.7 Å². The predicted molar refractivity (Wildman–Crippen MR) is 89.5 cm³/mol. The van der Waals surface area contributed by atoms with Crippen molar-refractivity contribution in [1.82, 2.24) is 10.9 Å². The Hall–Kier alpha value is -2.04. The third-order valence-electron chi connectivity index (χ3n) is 4.01. The fourth-order valence-electron chi connectivity index (χ4n) is 2.85. The minimum Gasteiger partial charge on any atom is -0.494 e. The van der Waals surface area contributed by atoms with Crippen molar-refractivity contribution in [3.8, 4) is 5.75 Å². The van der Waals surface area contributed by atoms with Gasteiger partial charge in [-0.3, -0.25) is 0 Å². The lowest BCUT2D eigenvalue weighted by Crippen LogP contribution is -2.27. The first-order chi connectivity index (χ1) is 10.8. The van der Waals surface area contributed by atoms with Crippen molar-refractivity contribution in [2.75, 3.05) is 12.3 Å². The largest absolute Gasteiger partial charge is 0.494 e. The summed E-state index contributed by atoms with van der Waals surface area (Å²) in [5, 5.41) is 0. The van der Waals surface area contributed by atoms with Crippen LogP contribution in [0.2, 0.25) is 0 Å². The topological polar surface area (TPSA) is 59.3 Å². The second-order valence-electron chi connectivity index (χ2n) is 5.68. The van der Waals surface area contributed by atoms with Gasteiger partial charge in [0.05, 0.1) is 12.6 Å². The quantitative estimate of drug-likeness (QED) is 0.741. The molecule has 2 atom stereocenters. The summed E-state index contributed by atoms with van der Waals surface area (Å²) in [6.45, 7) is 2.87. The van der Waals surface area contributed by atoms with Crippen LogP contribution in [0.4, 0.5) is 5.69 Å². The summed E-state index contributed by atoms with van der Waals surface area (Å²) in [5.74, 6) is 0.934. The third kappa shape index (κ3) is 3.24. The molecule has 2 aromatic carbocycles. The van der Waals surface area contributed by atoms with E-state index in [0.717, 1.165) is 36.4 Å². The Kier molecular flexibility index (Phi) is 4.61. The molecule has 116 valence electrons. The van der Waals surface area contributed by atoms with Crippen molar-refractivity contribution >= 4 is 5.69 Å². The first kappa shape index (κ1) is 14.9. The van der Waals surface area contributed by atoms with Gasteiger partial charge in [0.2, 0.25) is 0 Å². The number of benzene rings is 2. The number of anilines is 1. The Labute approximate surface area is 131 Å². The molecule has 0 aliphatic carbocycles. The van der Waals surface area contributed by atoms with Crippen molar-refractivity contribution in [3.05, 3.63) is 59.7 Å². The lowest BCUT2D eigenvalue weighted by molar-refractivity contribution is 0.317. The van der Waals surface area contributed by atoms with Crippen LogP contribution in [0.15, 0.2) is 48.5 Å². The average Bonchev–Trinajstić information content (AvgIpc) is 3.03. The van der Waals surface area contributed by atoms with Crippen LogP contribution in [0.3, 0.4) is 0 Å². The first-order valence-corrected chi connectivity index (χ1v) is 7.86. The molecule has 4 nitrogen and oxygen atoms in total. The van der Waals surface area contributed by atoms with E-state index in [4.69, 9.17) is 10.5 Å². The maximum atomic E-state index is 6.08. The number of para-hydroxylation sites is 1. The van der Waals surface area contributed by atoms with E-state index in [1.807, 2.05) is 30.3 Å². The molecule has 0 spiro atoms. The van der Waals surface area contributed by atoms with E-state index >= 15 is 0 Å². The van der Waals surface area contributed by atoms with E-state index in [1.54, 1.807) is 0 Å². The minimum absolute atomic E-state index is 0.228. The molecule has 0 radical (unpaired) electrons. The van der Waals surface area contributed by atoms with Gasteiger partial charge >= 0.3 is 0 Å². The van der Waals surface area contributed by atoms with Gasteiger partial charge in [-0.25, -0.2) is 10.9 Å². The molecule has 4 N–H and O–H groups in total. The molecule has 2 aromatic rings. The zero-order chi connectivity index (χ0) is 15.4. The zero-order valence-electron chi connectivity index (χ0n) is 12.9. The third-order valence-corrected chi connectivity index (χ3v) is 4.01. The van der Waals surface area contributed by atoms with Crippen molar-refractivity contribution in [3.63, 3.8) is 0 Å². The molecule has 4 heteroatoms. The molecule has 1 aliphatic heterocycles. The first-order valence-electron chi connectivity index (χ1n) is 7.86. The Bertz CT molecular complexity index is 629. The van der Waals surface area contributed by atoms with E-state index < -0.39 is 0 Å². The van der Waals surface area contributed by atoms with E-state index in [0.29, 0.717) is 0 Å². The fourth-order valence-corrected chi connectivity index (χ4v) is 2.85. The van der Waals surface area contributed by atoms with Gasteiger partial charge in [-0.1, -0.05) is 37.3 Å². The monoisotopic (exact) mass is 297 g/mol. The molecular formula is C18H23N3O. The molecule has 0 saturated carbocycles. The van der Waals surface area contributed by atoms with Crippen LogP contribution in [0.1, 0.15) is 43.0 Å². The maximum absolute atomic E-state index is 6.08. The van der Waals surface area contributed by atoms with Gasteiger partial charge in [-0.15, -0.1) is 0 Å². The van der Waals surface area contributed by atoms with Gasteiger partial charge in [-0.2, -0.15) is 0 Å². The van der Waals surface area contributed by atoms with Gasteiger partial charge < -0.3 is 10.5 Å². The van der Waals surface area contributed by atoms with Gasteiger partial charge in [0.25, 0.3) is 0 Å². The van der Waals surface area contributed by atoms with Crippen molar-refractivity contribution in [1.29, 1.82) is 0 Å². The van der Waals surface area contributed by atoms with Gasteiger partial charge in [0.1, 0.15) is 5.75 Å². The maximum Gasteiger partial charge on any atom is 0.119 e. The summed E-state index contributed by atoms with van der Waals surface area (Å²) >= 11 is 0. The standard InChI is InChI=1S/C18H23N3O/c1-2-10-22-14-7-5-6-13(11-14)17-12-18(21-20-17)15-8-3-4-9-16(15)19/h3-9,11,17-18,20-21H,2,10,12,19H2,1H3. The number of nitrogens with two attached hydrogens (primary N) is 1. The highest BCUT2D eigenvalue weighted by Gasteiger charge is 2.27. The second kappa shape index (κ2) is 6.81. The Morgan fingerprint density at radius 1 is 1.09 bits per heavy atom. The SMILES string of the molecule is CCCOc1cccc(C2CC(c3ccccc3N)NN2)c1. The normalized spacial score (nSPS) is 21.0. The molecular weight excluding hydrogens is 274 g/mol. The smallest absolute Gasteiger partial charge is 0.119 e. The summed E-state index contributed by atoms with van der Waals surface area (Å²) in [6.07, 6.45) is 1.98. The number of ether oxygens (including phenoxy) is 1. The molecule has 0 aromatic heterocycles. The van der Waals surface area contributed by atoms with E-state index in [1.165, 1.54) is 5.56 Å². The zero-order valence-corrected chi connectivity index (χ0v) is 12.9. The van der Waals surface area contributed by atoms with Crippen LogP contribution in [0, 0.1) is 0 Å². The number of nitrogens with one attached hydrogen (secondary N) is 2. The molecule has 0 amide bonds. The second-order valence-corrected chi connectivity index (χ2v) is 5.68. The van der Waals surface area contributed by atoms with Crippen molar-refractivity contribution in [2.24, 2.45) is 0 Å².